The molecule has 0 unspecified atom stereocenters. The van der Waals surface area contributed by atoms with Crippen molar-refractivity contribution in [3.8, 4) is 0 Å². The van der Waals surface area contributed by atoms with E-state index in [1.807, 2.05) is 0 Å². The van der Waals surface area contributed by atoms with Crippen molar-refractivity contribution in [3.05, 3.63) is 57.6 Å². The number of rotatable bonds is 2. The number of benzene rings is 2. The summed E-state index contributed by atoms with van der Waals surface area (Å²) < 4.78 is 235. The van der Waals surface area contributed by atoms with Crippen LogP contribution in [0.1, 0.15) is 33.4 Å². The molecule has 38 heavy (non-hydrogen) atoms. The molecular formula is C18H4F18Sn2. The Morgan fingerprint density at radius 1 is 0.316 bits per heavy atom. The molecule has 20 heteroatoms. The molecular weight excluding hydrogens is 796 g/mol. The molecule has 0 saturated heterocycles. The van der Waals surface area contributed by atoms with Gasteiger partial charge in [-0.15, -0.1) is 0 Å². The molecule has 0 aliphatic carbocycles. The summed E-state index contributed by atoms with van der Waals surface area (Å²) in [6, 6.07) is -2.97. The summed E-state index contributed by atoms with van der Waals surface area (Å²) in [7, 11) is 0. The Hall–Kier alpha value is -1.22. The first-order chi connectivity index (χ1) is 16.6. The zero-order valence-electron chi connectivity index (χ0n) is 17.1. The van der Waals surface area contributed by atoms with Crippen molar-refractivity contribution in [1.29, 1.82) is 0 Å². The molecule has 0 atom stereocenters. The van der Waals surface area contributed by atoms with Crippen LogP contribution in [-0.4, -0.2) is 33.1 Å². The van der Waals surface area contributed by atoms with Gasteiger partial charge in [0.1, 0.15) is 0 Å². The summed E-state index contributed by atoms with van der Waals surface area (Å²) in [6.07, 6.45) is -35.2. The molecule has 0 amide bonds. The molecule has 2 aromatic carbocycles. The van der Waals surface area contributed by atoms with Crippen LogP contribution in [0.4, 0.5) is 79.0 Å². The number of hydrogen-bond acceptors (Lipinski definition) is 0. The molecule has 0 aliphatic rings. The van der Waals surface area contributed by atoms with Gasteiger partial charge in [-0.2, -0.15) is 0 Å². The maximum absolute atomic E-state index is 13.5. The topological polar surface area (TPSA) is 0 Å². The summed E-state index contributed by atoms with van der Waals surface area (Å²) in [6.45, 7) is 0. The average molecular weight is 800 g/mol. The summed E-state index contributed by atoms with van der Waals surface area (Å²) >= 11 is -7.77. The van der Waals surface area contributed by atoms with Crippen LogP contribution >= 0.6 is 0 Å². The van der Waals surface area contributed by atoms with Crippen LogP contribution < -0.4 is 7.16 Å². The third-order valence-corrected chi connectivity index (χ3v) is 21.3. The van der Waals surface area contributed by atoms with E-state index in [2.05, 4.69) is 0 Å². The summed E-state index contributed by atoms with van der Waals surface area (Å²) in [5.41, 5.74) is -15.0. The fraction of sp³-hybridized carbons (Fsp3) is 0.333. The first-order valence-electron chi connectivity index (χ1n) is 8.96. The Bertz CT molecular complexity index is 1050. The van der Waals surface area contributed by atoms with Crippen LogP contribution in [-0.2, 0) is 37.1 Å². The zero-order chi connectivity index (χ0) is 29.9. The van der Waals surface area contributed by atoms with Crippen LogP contribution in [0.15, 0.2) is 24.3 Å². The van der Waals surface area contributed by atoms with Gasteiger partial charge in [0.2, 0.25) is 0 Å². The molecule has 0 aromatic heterocycles. The van der Waals surface area contributed by atoms with Crippen LogP contribution in [0.5, 0.6) is 0 Å². The Labute approximate surface area is 213 Å². The molecule has 210 valence electrons. The summed E-state index contributed by atoms with van der Waals surface area (Å²) in [5, 5.41) is 0. The van der Waals surface area contributed by atoms with Crippen molar-refractivity contribution in [3.63, 3.8) is 0 Å². The van der Waals surface area contributed by atoms with Crippen molar-refractivity contribution >= 4 is 40.3 Å². The second-order valence-electron chi connectivity index (χ2n) is 7.13. The van der Waals surface area contributed by atoms with Crippen molar-refractivity contribution in [2.24, 2.45) is 0 Å². The quantitative estimate of drug-likeness (QED) is 0.226. The molecule has 0 aliphatic heterocycles. The van der Waals surface area contributed by atoms with Gasteiger partial charge >= 0.3 is 214 Å². The van der Waals surface area contributed by atoms with Crippen LogP contribution in [0.2, 0.25) is 0 Å². The van der Waals surface area contributed by atoms with Crippen molar-refractivity contribution in [1.82, 2.24) is 0 Å². The summed E-state index contributed by atoms with van der Waals surface area (Å²) in [5.74, 6) is 0. The van der Waals surface area contributed by atoms with Gasteiger partial charge in [-0.05, 0) is 0 Å². The van der Waals surface area contributed by atoms with Crippen LogP contribution in [0.3, 0.4) is 0 Å². The van der Waals surface area contributed by atoms with Gasteiger partial charge in [-0.25, -0.2) is 0 Å². The Morgan fingerprint density at radius 2 is 0.500 bits per heavy atom. The minimum atomic E-state index is -5.93. The predicted octanol–water partition coefficient (Wildman–Crippen LogP) is 7.07. The Balaban J connectivity index is 3.07. The van der Waals surface area contributed by atoms with E-state index >= 15 is 0 Å². The molecule has 0 bridgehead atoms. The third-order valence-electron chi connectivity index (χ3n) is 4.47. The number of alkyl halides is 18. The van der Waals surface area contributed by atoms with E-state index in [1.165, 1.54) is 0 Å². The van der Waals surface area contributed by atoms with Gasteiger partial charge < -0.3 is 0 Å². The van der Waals surface area contributed by atoms with Gasteiger partial charge in [0.25, 0.3) is 0 Å². The molecule has 0 nitrogen and oxygen atoms in total. The second-order valence-corrected chi connectivity index (χ2v) is 21.0. The first-order valence-corrected chi connectivity index (χ1v) is 22.8. The van der Waals surface area contributed by atoms with E-state index in [1.54, 1.807) is 0 Å². The Kier molecular flexibility index (Phi) is 8.95. The molecule has 0 spiro atoms. The van der Waals surface area contributed by atoms with Crippen molar-refractivity contribution in [2.75, 3.05) is 0 Å². The van der Waals surface area contributed by atoms with Gasteiger partial charge in [-0.1, -0.05) is 0 Å². The second kappa shape index (κ2) is 10.3. The van der Waals surface area contributed by atoms with Crippen molar-refractivity contribution < 1.29 is 79.0 Å². The van der Waals surface area contributed by atoms with Crippen LogP contribution in [0.25, 0.3) is 0 Å². The fourth-order valence-electron chi connectivity index (χ4n) is 2.90. The van der Waals surface area contributed by atoms with E-state index in [4.69, 9.17) is 0 Å². The number of hydrogen-bond donors (Lipinski definition) is 0. The summed E-state index contributed by atoms with van der Waals surface area (Å²) in [4.78, 5) is 0. The molecule has 0 fully saturated rings. The molecule has 0 heterocycles. The van der Waals surface area contributed by atoms with Gasteiger partial charge in [0.05, 0.1) is 0 Å². The molecule has 2 rings (SSSR count). The molecule has 0 saturated carbocycles. The van der Waals surface area contributed by atoms with E-state index in [-0.39, 0.29) is 0 Å². The standard InChI is InChI=1S/2C9H2F9.2Sn/c2*10-7(11,12)4-1-5(8(13,14)15)3-6(2-4)9(16,17)18;;/h2*1-2H;;. The van der Waals surface area contributed by atoms with Crippen molar-refractivity contribution in [2.45, 2.75) is 37.1 Å². The van der Waals surface area contributed by atoms with Gasteiger partial charge in [0, 0.05) is 0 Å². The van der Waals surface area contributed by atoms with Gasteiger partial charge in [0.15, 0.2) is 0 Å². The zero-order valence-corrected chi connectivity index (χ0v) is 22.8. The monoisotopic (exact) mass is 802 g/mol. The molecule has 0 N–H and O–H groups in total. The van der Waals surface area contributed by atoms with E-state index in [0.717, 1.165) is 0 Å². The maximum atomic E-state index is 13.5. The average Bonchev–Trinajstić information content (AvgIpc) is 2.66. The van der Waals surface area contributed by atoms with E-state index < -0.39 is 135 Å². The first kappa shape index (κ1) is 33.0. The normalized spacial score (nSPS) is 14.5. The van der Waals surface area contributed by atoms with Gasteiger partial charge in [-0.3, -0.25) is 0 Å². The Morgan fingerprint density at radius 3 is 0.632 bits per heavy atom. The van der Waals surface area contributed by atoms with E-state index in [9.17, 15) is 79.0 Å². The van der Waals surface area contributed by atoms with E-state index in [0.29, 0.717) is 0 Å². The third kappa shape index (κ3) is 7.70. The molecule has 2 aromatic rings. The SMILES string of the molecule is FC(F)(F)c1cc(C(F)(F)F)[c]([Sn]=[Sn][c]2c(C(F)(F)F)cc(C(F)(F)F)cc2C(F)(F)F)c(C(F)(F)F)c1. The predicted molar refractivity (Wildman–Crippen MR) is 93.7 cm³/mol. The van der Waals surface area contributed by atoms with Crippen LogP contribution in [0, 0.1) is 0 Å². The molecule has 2 radical (unpaired) electrons. The fourth-order valence-corrected chi connectivity index (χ4v) is 22.7. The minimum absolute atomic E-state index is 0.743. The number of halogens is 18.